The molecule has 0 aromatic heterocycles. The molecule has 0 aliphatic carbocycles. The molecule has 0 saturated carbocycles. The molecular weight excluding hydrogens is 648 g/mol. The summed E-state index contributed by atoms with van der Waals surface area (Å²) in [5.41, 5.74) is 1.06. The SMILES string of the molecule is O=C([O-])C1(c2ccccc2O)NN=C(c2ccc(F)cc2)O1.O=C([O-])C1(c2ccccc2O)NN=C(c2ccc(F)cc2)O1.[Zn+2]. The number of nitrogens with zero attached hydrogens (tertiary/aromatic N) is 2. The predicted molar refractivity (Wildman–Crippen MR) is 144 cm³/mol. The van der Waals surface area contributed by atoms with Gasteiger partial charge in [-0.1, -0.05) is 24.3 Å². The second-order valence-corrected chi connectivity index (χ2v) is 9.25. The van der Waals surface area contributed by atoms with E-state index in [1.54, 1.807) is 24.3 Å². The third-order valence-corrected chi connectivity index (χ3v) is 6.45. The number of nitrogens with one attached hydrogen (secondary N) is 2. The zero-order valence-corrected chi connectivity index (χ0v) is 25.9. The minimum atomic E-state index is -2.14. The number of ether oxygens (including phenoxy) is 2. The van der Waals surface area contributed by atoms with Gasteiger partial charge in [0.15, 0.2) is 0 Å². The van der Waals surface area contributed by atoms with Gasteiger partial charge in [0.05, 0.1) is 11.1 Å². The fourth-order valence-corrected chi connectivity index (χ4v) is 4.24. The van der Waals surface area contributed by atoms with Crippen molar-refractivity contribution in [3.05, 3.63) is 131 Å². The molecule has 0 amide bonds. The summed E-state index contributed by atoms with van der Waals surface area (Å²) in [5.74, 6) is -4.78. The molecule has 224 valence electrons. The molecule has 2 aliphatic heterocycles. The van der Waals surface area contributed by atoms with Crippen LogP contribution in [0.1, 0.15) is 22.3 Å². The number of carbonyl (C=O) groups excluding carboxylic acids is 2. The van der Waals surface area contributed by atoms with Gasteiger partial charge in [0, 0.05) is 11.1 Å². The Hall–Kier alpha value is -5.56. The van der Waals surface area contributed by atoms with Crippen molar-refractivity contribution < 1.29 is 67.7 Å². The smallest absolute Gasteiger partial charge is 0.544 e. The van der Waals surface area contributed by atoms with E-state index in [1.807, 2.05) is 0 Å². The van der Waals surface area contributed by atoms with Gasteiger partial charge in [0.1, 0.15) is 35.1 Å². The van der Waals surface area contributed by atoms with Crippen LogP contribution in [0.25, 0.3) is 0 Å². The van der Waals surface area contributed by atoms with Gasteiger partial charge in [-0.2, -0.15) is 0 Å². The molecule has 0 fully saturated rings. The summed E-state index contributed by atoms with van der Waals surface area (Å²) in [4.78, 5) is 23.1. The summed E-state index contributed by atoms with van der Waals surface area (Å²) in [5, 5.41) is 50.5. The van der Waals surface area contributed by atoms with Crippen LogP contribution in [0.4, 0.5) is 8.78 Å². The third-order valence-electron chi connectivity index (χ3n) is 6.45. The summed E-state index contributed by atoms with van der Waals surface area (Å²) in [6.45, 7) is 0. The molecule has 2 aliphatic rings. The van der Waals surface area contributed by atoms with Crippen LogP contribution in [-0.4, -0.2) is 33.9 Å². The Morgan fingerprint density at radius 1 is 0.622 bits per heavy atom. The molecule has 6 rings (SSSR count). The molecule has 4 aromatic rings. The maximum Gasteiger partial charge on any atom is 2.00 e. The molecule has 2 heterocycles. The van der Waals surface area contributed by atoms with Crippen LogP contribution in [0, 0.1) is 11.6 Å². The molecule has 45 heavy (non-hydrogen) atoms. The topological polar surface area (TPSA) is 188 Å². The number of hydrogen-bond acceptors (Lipinski definition) is 12. The molecule has 0 bridgehead atoms. The quantitative estimate of drug-likeness (QED) is 0.215. The molecule has 2 atom stereocenters. The summed E-state index contributed by atoms with van der Waals surface area (Å²) >= 11 is 0. The molecule has 12 nitrogen and oxygen atoms in total. The Kier molecular flexibility index (Phi) is 9.33. The Balaban J connectivity index is 0.000000200. The number of carboxylic acid groups (broad SMARTS) is 2. The predicted octanol–water partition coefficient (Wildman–Crippen LogP) is 0.829. The van der Waals surface area contributed by atoms with E-state index in [4.69, 9.17) is 9.47 Å². The largest absolute Gasteiger partial charge is 2.00 e. The average Bonchev–Trinajstić information content (AvgIpc) is 3.66. The maximum absolute atomic E-state index is 12.9. The number of hydrazone groups is 2. The summed E-state index contributed by atoms with van der Waals surface area (Å²) in [7, 11) is 0. The van der Waals surface area contributed by atoms with Gasteiger partial charge in [-0.15, -0.1) is 10.2 Å². The van der Waals surface area contributed by atoms with Gasteiger partial charge < -0.3 is 39.5 Å². The second-order valence-electron chi connectivity index (χ2n) is 9.25. The van der Waals surface area contributed by atoms with Crippen LogP contribution in [0.15, 0.2) is 107 Å². The number of benzene rings is 4. The van der Waals surface area contributed by atoms with Gasteiger partial charge in [-0.3, -0.25) is 10.9 Å². The van der Waals surface area contributed by atoms with Crippen LogP contribution < -0.4 is 21.1 Å². The Morgan fingerprint density at radius 2 is 0.956 bits per heavy atom. The van der Waals surface area contributed by atoms with Crippen molar-refractivity contribution in [3.8, 4) is 11.5 Å². The Bertz CT molecular complexity index is 1660. The van der Waals surface area contributed by atoms with Crippen LogP contribution in [-0.2, 0) is 50.0 Å². The zero-order valence-electron chi connectivity index (χ0n) is 22.9. The number of aliphatic carboxylic acids is 2. The van der Waals surface area contributed by atoms with Crippen molar-refractivity contribution in [2.24, 2.45) is 10.2 Å². The molecular formula is C30H20F2N4O8Zn. The normalized spacial score (nSPS) is 19.5. The number of phenols is 2. The van der Waals surface area contributed by atoms with E-state index in [2.05, 4.69) is 21.1 Å². The zero-order chi connectivity index (χ0) is 31.5. The van der Waals surface area contributed by atoms with E-state index in [0.29, 0.717) is 11.1 Å². The number of rotatable bonds is 6. The summed E-state index contributed by atoms with van der Waals surface area (Å²) in [6.07, 6.45) is 0. The van der Waals surface area contributed by atoms with E-state index in [9.17, 15) is 38.8 Å². The number of carbonyl (C=O) groups is 2. The fraction of sp³-hybridized carbons (Fsp3) is 0.0667. The van der Waals surface area contributed by atoms with Crippen molar-refractivity contribution >= 4 is 23.7 Å². The number of hydrogen-bond donors (Lipinski definition) is 4. The van der Waals surface area contributed by atoms with Gasteiger partial charge >= 0.3 is 19.5 Å². The standard InChI is InChI=1S/2C15H11FN2O4.Zn/c2*16-10-7-5-9(6-8-10)13-17-18-15(22-13,14(20)21)11-3-1-2-4-12(11)19;/h2*1-8,18-19H,(H,20,21);/q;;+2/p-2. The molecule has 0 radical (unpaired) electrons. The molecule has 0 saturated heterocycles. The van der Waals surface area contributed by atoms with E-state index < -0.39 is 35.0 Å². The number of carboxylic acids is 2. The third kappa shape index (κ3) is 6.24. The molecule has 4 aromatic carbocycles. The van der Waals surface area contributed by atoms with Crippen LogP contribution in [0.2, 0.25) is 0 Å². The number of aromatic hydroxyl groups is 2. The van der Waals surface area contributed by atoms with E-state index in [-0.39, 0.29) is 53.9 Å². The first-order valence-electron chi connectivity index (χ1n) is 12.7. The van der Waals surface area contributed by atoms with Gasteiger partial charge in [0.25, 0.3) is 11.4 Å². The summed E-state index contributed by atoms with van der Waals surface area (Å²) in [6, 6.07) is 21.9. The maximum atomic E-state index is 12.9. The van der Waals surface area contributed by atoms with E-state index in [1.165, 1.54) is 72.8 Å². The molecule has 2 unspecified atom stereocenters. The number of phenolic OH excluding ortho intramolecular Hbond substituents is 2. The minimum Gasteiger partial charge on any atom is -0.544 e. The van der Waals surface area contributed by atoms with Crippen LogP contribution >= 0.6 is 0 Å². The number of halogens is 2. The molecule has 0 spiro atoms. The Labute approximate surface area is 266 Å². The molecule has 4 N–H and O–H groups in total. The van der Waals surface area contributed by atoms with Crippen molar-refractivity contribution in [2.45, 2.75) is 11.4 Å². The van der Waals surface area contributed by atoms with Gasteiger partial charge in [0.2, 0.25) is 11.8 Å². The van der Waals surface area contributed by atoms with Crippen LogP contribution in [0.5, 0.6) is 11.5 Å². The minimum absolute atomic E-state index is 0. The van der Waals surface area contributed by atoms with Crippen molar-refractivity contribution in [1.29, 1.82) is 0 Å². The first-order valence-corrected chi connectivity index (χ1v) is 12.7. The first-order chi connectivity index (χ1) is 21.1. The van der Waals surface area contributed by atoms with Gasteiger partial charge in [-0.25, -0.2) is 8.78 Å². The number of para-hydroxylation sites is 2. The van der Waals surface area contributed by atoms with Gasteiger partial charge in [-0.05, 0) is 72.8 Å². The first kappa shape index (κ1) is 32.4. The Morgan fingerprint density at radius 3 is 1.27 bits per heavy atom. The van der Waals surface area contributed by atoms with Crippen molar-refractivity contribution in [1.82, 2.24) is 10.9 Å². The van der Waals surface area contributed by atoms with Crippen molar-refractivity contribution in [2.75, 3.05) is 0 Å². The van der Waals surface area contributed by atoms with Crippen LogP contribution in [0.3, 0.4) is 0 Å². The van der Waals surface area contributed by atoms with E-state index in [0.717, 1.165) is 0 Å². The fourth-order valence-electron chi connectivity index (χ4n) is 4.24. The van der Waals surface area contributed by atoms with Crippen molar-refractivity contribution in [3.63, 3.8) is 0 Å². The molecule has 15 heteroatoms. The summed E-state index contributed by atoms with van der Waals surface area (Å²) < 4.78 is 36.7. The van der Waals surface area contributed by atoms with E-state index >= 15 is 0 Å². The average molecular weight is 668 g/mol. The second kappa shape index (κ2) is 13.0. The monoisotopic (exact) mass is 666 g/mol.